The van der Waals surface area contributed by atoms with E-state index in [2.05, 4.69) is 31.9 Å². The quantitative estimate of drug-likeness (QED) is 0.836. The highest BCUT2D eigenvalue weighted by Crippen LogP contribution is 2.32. The average Bonchev–Trinajstić information content (AvgIpc) is 2.55. The number of thiophene rings is 1. The van der Waals surface area contributed by atoms with E-state index in [0.29, 0.717) is 9.35 Å². The van der Waals surface area contributed by atoms with E-state index < -0.39 is 18.9 Å². The summed E-state index contributed by atoms with van der Waals surface area (Å²) in [5.74, 6) is -0.520. The first-order valence-electron chi connectivity index (χ1n) is 4.58. The summed E-state index contributed by atoms with van der Waals surface area (Å²) in [7, 11) is 0. The molecule has 0 aliphatic heterocycles. The highest BCUT2D eigenvalue weighted by Gasteiger charge is 2.22. The van der Waals surface area contributed by atoms with Crippen LogP contribution >= 0.6 is 43.2 Å². The maximum absolute atomic E-state index is 12.3. The number of aliphatic hydroxyl groups excluding tert-OH is 1. The molecule has 1 aromatic heterocycles. The van der Waals surface area contributed by atoms with Crippen LogP contribution in [0.1, 0.15) is 10.4 Å². The zero-order chi connectivity index (χ0) is 13.0. The molecule has 8 heteroatoms. The second-order valence-corrected chi connectivity index (χ2v) is 6.85. The first kappa shape index (κ1) is 15.0. The van der Waals surface area contributed by atoms with Gasteiger partial charge in [0.05, 0.1) is 26.3 Å². The lowest BCUT2D eigenvalue weighted by Gasteiger charge is -2.20. The number of rotatable bonds is 5. The Morgan fingerprint density at radius 1 is 1.53 bits per heavy atom. The third-order valence-corrected chi connectivity index (χ3v) is 4.24. The first-order chi connectivity index (χ1) is 7.95. The minimum absolute atomic E-state index is 0.108. The van der Waals surface area contributed by atoms with E-state index in [1.54, 1.807) is 6.07 Å². The van der Waals surface area contributed by atoms with Gasteiger partial charge in [-0.05, 0) is 37.9 Å². The van der Waals surface area contributed by atoms with Crippen LogP contribution < -0.4 is 0 Å². The van der Waals surface area contributed by atoms with Gasteiger partial charge in [0.1, 0.15) is 0 Å². The van der Waals surface area contributed by atoms with Crippen molar-refractivity contribution in [2.75, 3.05) is 19.7 Å². The van der Waals surface area contributed by atoms with Gasteiger partial charge in [0, 0.05) is 6.54 Å². The maximum Gasteiger partial charge on any atom is 0.256 e. The Kier molecular flexibility index (Phi) is 5.98. The molecule has 0 spiro atoms. The lowest BCUT2D eigenvalue weighted by molar-refractivity contribution is 0.0509. The van der Waals surface area contributed by atoms with Gasteiger partial charge in [-0.2, -0.15) is 0 Å². The number of nitrogens with zero attached hydrogens (tertiary/aromatic N) is 1. The molecule has 96 valence electrons. The van der Waals surface area contributed by atoms with Crippen molar-refractivity contribution in [2.24, 2.45) is 0 Å². The van der Waals surface area contributed by atoms with E-state index in [-0.39, 0.29) is 13.2 Å². The molecule has 1 N–H and O–H groups in total. The molecule has 0 saturated heterocycles. The number of carbonyl (C=O) groups is 1. The Hall–Kier alpha value is -0.0500. The SMILES string of the molecule is O=C(c1cc(Br)sc1Br)N(CCO)CC(F)F. The van der Waals surface area contributed by atoms with Crippen molar-refractivity contribution in [1.82, 2.24) is 4.90 Å². The Morgan fingerprint density at radius 2 is 2.18 bits per heavy atom. The van der Waals surface area contributed by atoms with Crippen molar-refractivity contribution >= 4 is 49.1 Å². The second kappa shape index (κ2) is 6.77. The van der Waals surface area contributed by atoms with Crippen LogP contribution in [0.4, 0.5) is 8.78 Å². The number of halogens is 4. The van der Waals surface area contributed by atoms with Crippen LogP contribution in [0.5, 0.6) is 0 Å². The predicted molar refractivity (Wildman–Crippen MR) is 68.7 cm³/mol. The Morgan fingerprint density at radius 3 is 2.59 bits per heavy atom. The monoisotopic (exact) mass is 391 g/mol. The lowest BCUT2D eigenvalue weighted by atomic mass is 10.3. The smallest absolute Gasteiger partial charge is 0.256 e. The molecule has 1 rings (SSSR count). The molecule has 0 fully saturated rings. The van der Waals surface area contributed by atoms with Gasteiger partial charge in [-0.3, -0.25) is 4.79 Å². The van der Waals surface area contributed by atoms with E-state index in [1.807, 2.05) is 0 Å². The second-order valence-electron chi connectivity index (χ2n) is 3.10. The predicted octanol–water partition coefficient (Wildman–Crippen LogP) is 2.97. The van der Waals surface area contributed by atoms with Crippen molar-refractivity contribution < 1.29 is 18.7 Å². The normalized spacial score (nSPS) is 10.9. The van der Waals surface area contributed by atoms with Gasteiger partial charge in [0.2, 0.25) is 0 Å². The molecule has 0 aliphatic carbocycles. The van der Waals surface area contributed by atoms with Crippen LogP contribution in [-0.2, 0) is 0 Å². The molecule has 1 aromatic rings. The molecule has 0 atom stereocenters. The van der Waals surface area contributed by atoms with Crippen molar-refractivity contribution in [2.45, 2.75) is 6.43 Å². The fraction of sp³-hybridized carbons (Fsp3) is 0.444. The maximum atomic E-state index is 12.3. The highest BCUT2D eigenvalue weighted by atomic mass is 79.9. The molecule has 1 heterocycles. The molecule has 1 amide bonds. The Labute approximate surface area is 118 Å². The molecule has 0 aliphatic rings. The lowest BCUT2D eigenvalue weighted by Crippen LogP contribution is -2.37. The molecule has 0 saturated carbocycles. The van der Waals surface area contributed by atoms with Gasteiger partial charge in [0.15, 0.2) is 0 Å². The number of hydrogen-bond acceptors (Lipinski definition) is 3. The summed E-state index contributed by atoms with van der Waals surface area (Å²) in [6, 6.07) is 1.56. The first-order valence-corrected chi connectivity index (χ1v) is 6.99. The molecular weight excluding hydrogens is 384 g/mol. The van der Waals surface area contributed by atoms with Gasteiger partial charge in [-0.1, -0.05) is 0 Å². The van der Waals surface area contributed by atoms with E-state index in [4.69, 9.17) is 5.11 Å². The Balaban J connectivity index is 2.87. The third-order valence-electron chi connectivity index (χ3n) is 1.90. The molecule has 0 radical (unpaired) electrons. The van der Waals surface area contributed by atoms with E-state index >= 15 is 0 Å². The van der Waals surface area contributed by atoms with Gasteiger partial charge in [0.25, 0.3) is 12.3 Å². The standard InChI is InChI=1S/C9H9Br2F2NO2S/c10-6-3-5(8(11)17-6)9(16)14(1-2-15)4-7(12)13/h3,7,15H,1-2,4H2. The molecule has 3 nitrogen and oxygen atoms in total. The van der Waals surface area contributed by atoms with Crippen LogP contribution in [-0.4, -0.2) is 42.0 Å². The number of alkyl halides is 2. The molecule has 17 heavy (non-hydrogen) atoms. The Bertz CT molecular complexity index is 400. The van der Waals surface area contributed by atoms with Crippen molar-refractivity contribution in [3.63, 3.8) is 0 Å². The summed E-state index contributed by atoms with van der Waals surface area (Å²) < 4.78 is 25.9. The van der Waals surface area contributed by atoms with Crippen LogP contribution in [0.25, 0.3) is 0 Å². The zero-order valence-corrected chi connectivity index (χ0v) is 12.5. The molecule has 0 aromatic carbocycles. The van der Waals surface area contributed by atoms with Gasteiger partial charge >= 0.3 is 0 Å². The summed E-state index contributed by atoms with van der Waals surface area (Å²) >= 11 is 7.69. The summed E-state index contributed by atoms with van der Waals surface area (Å²) in [5, 5.41) is 8.76. The topological polar surface area (TPSA) is 40.5 Å². The average molecular weight is 393 g/mol. The highest BCUT2D eigenvalue weighted by molar-refractivity contribution is 9.12. The van der Waals surface area contributed by atoms with Crippen LogP contribution in [0.2, 0.25) is 0 Å². The third kappa shape index (κ3) is 4.27. The van der Waals surface area contributed by atoms with E-state index in [0.717, 1.165) is 8.69 Å². The fourth-order valence-electron chi connectivity index (χ4n) is 1.22. The fourth-order valence-corrected chi connectivity index (χ4v) is 4.00. The number of carbonyl (C=O) groups excluding carboxylic acids is 1. The minimum Gasteiger partial charge on any atom is -0.395 e. The summed E-state index contributed by atoms with van der Waals surface area (Å²) in [4.78, 5) is 12.9. The van der Waals surface area contributed by atoms with E-state index in [9.17, 15) is 13.6 Å². The summed E-state index contributed by atoms with van der Waals surface area (Å²) in [6.45, 7) is -1.14. The number of amides is 1. The van der Waals surface area contributed by atoms with Gasteiger partial charge < -0.3 is 10.0 Å². The van der Waals surface area contributed by atoms with Crippen LogP contribution in [0.3, 0.4) is 0 Å². The zero-order valence-electron chi connectivity index (χ0n) is 8.50. The van der Waals surface area contributed by atoms with Crippen molar-refractivity contribution in [3.8, 4) is 0 Å². The minimum atomic E-state index is -2.62. The molecule has 0 unspecified atom stereocenters. The van der Waals surface area contributed by atoms with Gasteiger partial charge in [-0.15, -0.1) is 11.3 Å². The van der Waals surface area contributed by atoms with Crippen LogP contribution in [0.15, 0.2) is 13.6 Å². The molecular formula is C9H9Br2F2NO2S. The van der Waals surface area contributed by atoms with E-state index in [1.165, 1.54) is 11.3 Å². The van der Waals surface area contributed by atoms with Crippen molar-refractivity contribution in [3.05, 3.63) is 19.2 Å². The van der Waals surface area contributed by atoms with Crippen LogP contribution in [0, 0.1) is 0 Å². The summed E-state index contributed by atoms with van der Waals surface area (Å²) in [6.07, 6.45) is -2.62. The summed E-state index contributed by atoms with van der Waals surface area (Å²) in [5.41, 5.74) is 0.316. The largest absolute Gasteiger partial charge is 0.395 e. The number of aliphatic hydroxyl groups is 1. The molecule has 0 bridgehead atoms. The van der Waals surface area contributed by atoms with Crippen molar-refractivity contribution in [1.29, 1.82) is 0 Å². The van der Waals surface area contributed by atoms with Gasteiger partial charge in [-0.25, -0.2) is 8.78 Å². The number of hydrogen-bond donors (Lipinski definition) is 1.